The van der Waals surface area contributed by atoms with Crippen molar-refractivity contribution in [1.29, 1.82) is 0 Å². The van der Waals surface area contributed by atoms with E-state index in [2.05, 4.69) is 16.2 Å². The van der Waals surface area contributed by atoms with Crippen molar-refractivity contribution in [3.8, 4) is 5.75 Å². The highest BCUT2D eigenvalue weighted by atomic mass is 35.5. The summed E-state index contributed by atoms with van der Waals surface area (Å²) >= 11 is 11.9. The summed E-state index contributed by atoms with van der Waals surface area (Å²) in [6.45, 7) is 1.68. The van der Waals surface area contributed by atoms with Crippen molar-refractivity contribution in [1.82, 2.24) is 16.2 Å². The Labute approximate surface area is 161 Å². The van der Waals surface area contributed by atoms with Gasteiger partial charge in [-0.2, -0.15) is 0 Å². The Morgan fingerprint density at radius 1 is 1.00 bits per heavy atom. The van der Waals surface area contributed by atoms with Crippen LogP contribution >= 0.6 is 23.2 Å². The lowest BCUT2D eigenvalue weighted by Gasteiger charge is -2.15. The van der Waals surface area contributed by atoms with Gasteiger partial charge in [0, 0.05) is 16.1 Å². The molecule has 2 rings (SSSR count). The highest BCUT2D eigenvalue weighted by Crippen LogP contribution is 2.21. The molecule has 0 saturated heterocycles. The Morgan fingerprint density at radius 3 is 2.35 bits per heavy atom. The van der Waals surface area contributed by atoms with Gasteiger partial charge in [-0.1, -0.05) is 41.4 Å². The molecule has 1 atom stereocenters. The Morgan fingerprint density at radius 2 is 1.65 bits per heavy atom. The number of ether oxygens (including phenoxy) is 1. The van der Waals surface area contributed by atoms with Gasteiger partial charge in [0.2, 0.25) is 0 Å². The largest absolute Gasteiger partial charge is 0.484 e. The number of benzene rings is 2. The third kappa shape index (κ3) is 6.55. The molecule has 138 valence electrons. The number of rotatable bonds is 7. The highest BCUT2D eigenvalue weighted by molar-refractivity contribution is 6.31. The van der Waals surface area contributed by atoms with Gasteiger partial charge >= 0.3 is 0 Å². The Hall–Kier alpha value is -2.28. The van der Waals surface area contributed by atoms with Crippen molar-refractivity contribution < 1.29 is 14.3 Å². The molecule has 0 radical (unpaired) electrons. The summed E-state index contributed by atoms with van der Waals surface area (Å²) in [4.78, 5) is 23.5. The Balaban J connectivity index is 1.67. The first-order valence-electron chi connectivity index (χ1n) is 7.89. The molecule has 0 saturated carbocycles. The Kier molecular flexibility index (Phi) is 7.72. The van der Waals surface area contributed by atoms with Crippen molar-refractivity contribution >= 4 is 35.0 Å². The first-order chi connectivity index (χ1) is 12.5. The Bertz CT molecular complexity index is 754. The van der Waals surface area contributed by atoms with E-state index in [1.807, 2.05) is 25.1 Å². The van der Waals surface area contributed by atoms with E-state index in [4.69, 9.17) is 27.9 Å². The number of hydrazine groups is 1. The fraction of sp³-hybridized carbons (Fsp3) is 0.222. The molecule has 0 bridgehead atoms. The molecule has 26 heavy (non-hydrogen) atoms. The van der Waals surface area contributed by atoms with Crippen LogP contribution in [0.3, 0.4) is 0 Å². The first kappa shape index (κ1) is 20.0. The summed E-state index contributed by atoms with van der Waals surface area (Å²) in [5.74, 6) is -0.359. The fourth-order valence-electron chi connectivity index (χ4n) is 2.08. The number of hydrogen-bond donors (Lipinski definition) is 3. The molecule has 0 fully saturated rings. The molecule has 0 heterocycles. The molecular weight excluding hydrogens is 377 g/mol. The van der Waals surface area contributed by atoms with Crippen LogP contribution in [0.5, 0.6) is 5.75 Å². The van der Waals surface area contributed by atoms with Gasteiger partial charge in [0.1, 0.15) is 5.75 Å². The second-order valence-electron chi connectivity index (χ2n) is 5.46. The van der Waals surface area contributed by atoms with Crippen LogP contribution in [0.1, 0.15) is 18.5 Å². The molecule has 0 aliphatic rings. The van der Waals surface area contributed by atoms with Crippen molar-refractivity contribution in [2.24, 2.45) is 0 Å². The minimum atomic E-state index is -0.479. The zero-order valence-corrected chi connectivity index (χ0v) is 15.6. The molecular formula is C18H19Cl2N3O3. The van der Waals surface area contributed by atoms with Crippen LogP contribution in [0.15, 0.2) is 48.5 Å². The van der Waals surface area contributed by atoms with Gasteiger partial charge in [-0.05, 0) is 42.8 Å². The number of amides is 2. The number of nitrogens with one attached hydrogen (secondary N) is 3. The maximum Gasteiger partial charge on any atom is 0.276 e. The third-order valence-electron chi connectivity index (χ3n) is 3.47. The summed E-state index contributed by atoms with van der Waals surface area (Å²) in [7, 11) is 0. The average molecular weight is 396 g/mol. The normalized spacial score (nSPS) is 11.5. The minimum Gasteiger partial charge on any atom is -0.484 e. The van der Waals surface area contributed by atoms with Gasteiger partial charge in [0.25, 0.3) is 11.8 Å². The summed E-state index contributed by atoms with van der Waals surface area (Å²) in [5.41, 5.74) is 5.49. The first-order valence-corrected chi connectivity index (χ1v) is 8.65. The summed E-state index contributed by atoms with van der Waals surface area (Å²) in [6.07, 6.45) is 0. The van der Waals surface area contributed by atoms with Gasteiger partial charge in [0.05, 0.1) is 6.54 Å². The summed E-state index contributed by atoms with van der Waals surface area (Å²) in [6, 6.07) is 13.9. The molecule has 0 unspecified atom stereocenters. The van der Waals surface area contributed by atoms with E-state index in [0.29, 0.717) is 15.8 Å². The van der Waals surface area contributed by atoms with E-state index in [9.17, 15) is 9.59 Å². The number of hydrogen-bond acceptors (Lipinski definition) is 4. The van der Waals surface area contributed by atoms with E-state index in [1.54, 1.807) is 30.3 Å². The second-order valence-corrected chi connectivity index (χ2v) is 6.31. The van der Waals surface area contributed by atoms with Crippen molar-refractivity contribution in [3.05, 3.63) is 64.1 Å². The van der Waals surface area contributed by atoms with Gasteiger partial charge in [-0.25, -0.2) is 0 Å². The van der Waals surface area contributed by atoms with Gasteiger partial charge in [-0.3, -0.25) is 20.4 Å². The van der Waals surface area contributed by atoms with Crippen LogP contribution < -0.4 is 20.9 Å². The predicted molar refractivity (Wildman–Crippen MR) is 101 cm³/mol. The zero-order chi connectivity index (χ0) is 18.9. The molecule has 6 nitrogen and oxygen atoms in total. The lowest BCUT2D eigenvalue weighted by Crippen LogP contribution is -2.47. The van der Waals surface area contributed by atoms with Crippen molar-refractivity contribution in [3.63, 3.8) is 0 Å². The molecule has 0 aliphatic carbocycles. The van der Waals surface area contributed by atoms with Crippen LogP contribution in [0.25, 0.3) is 0 Å². The van der Waals surface area contributed by atoms with E-state index in [0.717, 1.165) is 5.56 Å². The summed E-state index contributed by atoms with van der Waals surface area (Å²) in [5, 5.41) is 4.24. The van der Waals surface area contributed by atoms with Crippen molar-refractivity contribution in [2.75, 3.05) is 13.2 Å². The minimum absolute atomic E-state index is 0.0186. The van der Waals surface area contributed by atoms with Gasteiger partial charge < -0.3 is 10.1 Å². The van der Waals surface area contributed by atoms with E-state index in [1.165, 1.54) is 0 Å². The van der Waals surface area contributed by atoms with E-state index < -0.39 is 5.91 Å². The molecule has 0 aliphatic heterocycles. The monoisotopic (exact) mass is 395 g/mol. The molecule has 3 N–H and O–H groups in total. The SMILES string of the molecule is C[C@@H](NCC(=O)NNC(=O)COc1ccc(Cl)cc1)c1ccccc1Cl. The fourth-order valence-corrected chi connectivity index (χ4v) is 2.51. The average Bonchev–Trinajstić information content (AvgIpc) is 2.64. The van der Waals surface area contributed by atoms with Gasteiger partial charge in [-0.15, -0.1) is 0 Å². The third-order valence-corrected chi connectivity index (χ3v) is 4.06. The van der Waals surface area contributed by atoms with Crippen LogP contribution in [-0.2, 0) is 9.59 Å². The number of halogens is 2. The van der Waals surface area contributed by atoms with Crippen LogP contribution in [0, 0.1) is 0 Å². The quantitative estimate of drug-likeness (QED) is 0.629. The molecule has 2 amide bonds. The molecule has 8 heteroatoms. The smallest absolute Gasteiger partial charge is 0.276 e. The lowest BCUT2D eigenvalue weighted by atomic mass is 10.1. The molecule has 0 aromatic heterocycles. The zero-order valence-electron chi connectivity index (χ0n) is 14.1. The van der Waals surface area contributed by atoms with Crippen LogP contribution in [-0.4, -0.2) is 25.0 Å². The summed E-state index contributed by atoms with van der Waals surface area (Å²) < 4.78 is 5.27. The van der Waals surface area contributed by atoms with Crippen LogP contribution in [0.4, 0.5) is 0 Å². The van der Waals surface area contributed by atoms with Crippen molar-refractivity contribution in [2.45, 2.75) is 13.0 Å². The topological polar surface area (TPSA) is 79.5 Å². The van der Waals surface area contributed by atoms with E-state index in [-0.39, 0.29) is 25.1 Å². The highest BCUT2D eigenvalue weighted by Gasteiger charge is 2.11. The maximum atomic E-state index is 11.8. The maximum absolute atomic E-state index is 11.8. The lowest BCUT2D eigenvalue weighted by molar-refractivity contribution is -0.129. The van der Waals surface area contributed by atoms with Crippen LogP contribution in [0.2, 0.25) is 10.0 Å². The molecule has 2 aromatic carbocycles. The molecule has 2 aromatic rings. The second kappa shape index (κ2) is 10.0. The number of carbonyl (C=O) groups is 2. The standard InChI is InChI=1S/C18H19Cl2N3O3/c1-12(15-4-2-3-5-16(15)20)21-10-17(24)22-23-18(25)11-26-14-8-6-13(19)7-9-14/h2-9,12,21H,10-11H2,1H3,(H,22,24)(H,23,25)/t12-/m1/s1. The predicted octanol–water partition coefficient (Wildman–Crippen LogP) is 2.87. The van der Waals surface area contributed by atoms with E-state index >= 15 is 0 Å². The number of carbonyl (C=O) groups excluding carboxylic acids is 2. The van der Waals surface area contributed by atoms with Gasteiger partial charge in [0.15, 0.2) is 6.61 Å². The molecule has 0 spiro atoms.